The van der Waals surface area contributed by atoms with Gasteiger partial charge in [-0.25, -0.2) is 4.98 Å². The number of aromatic nitrogens is 1. The Morgan fingerprint density at radius 2 is 2.16 bits per heavy atom. The van der Waals surface area contributed by atoms with Gasteiger partial charge >= 0.3 is 0 Å². The molecule has 1 aromatic heterocycles. The van der Waals surface area contributed by atoms with Crippen molar-refractivity contribution in [3.63, 3.8) is 0 Å². The molecule has 1 aliphatic rings. The first kappa shape index (κ1) is 17.8. The van der Waals surface area contributed by atoms with Crippen molar-refractivity contribution in [2.24, 2.45) is 0 Å². The first-order valence-corrected chi connectivity index (χ1v) is 9.40. The Morgan fingerprint density at radius 1 is 1.36 bits per heavy atom. The van der Waals surface area contributed by atoms with E-state index in [1.165, 1.54) is 16.9 Å². The van der Waals surface area contributed by atoms with Crippen molar-refractivity contribution in [3.8, 4) is 0 Å². The van der Waals surface area contributed by atoms with Gasteiger partial charge in [-0.15, -0.1) is 11.3 Å². The van der Waals surface area contributed by atoms with Crippen molar-refractivity contribution in [2.45, 2.75) is 19.0 Å². The maximum absolute atomic E-state index is 12.7. The molecule has 7 heteroatoms. The van der Waals surface area contributed by atoms with Crippen LogP contribution in [-0.2, 0) is 6.54 Å². The molecule has 1 aromatic carbocycles. The number of carbonyl (C=O) groups is 1. The van der Waals surface area contributed by atoms with Crippen molar-refractivity contribution in [1.29, 1.82) is 0 Å². The van der Waals surface area contributed by atoms with Crippen molar-refractivity contribution in [1.82, 2.24) is 14.8 Å². The van der Waals surface area contributed by atoms with Crippen LogP contribution in [0.1, 0.15) is 22.5 Å². The molecule has 1 fully saturated rings. The predicted octanol–water partition coefficient (Wildman–Crippen LogP) is 1.89. The predicted molar refractivity (Wildman–Crippen MR) is 99.9 cm³/mol. The number of aliphatic hydroxyl groups is 1. The van der Waals surface area contributed by atoms with Gasteiger partial charge in [-0.1, -0.05) is 30.3 Å². The maximum Gasteiger partial charge on any atom is 0.273 e. The number of piperazine rings is 1. The summed E-state index contributed by atoms with van der Waals surface area (Å²) in [7, 11) is 1.80. The van der Waals surface area contributed by atoms with Crippen LogP contribution in [0.25, 0.3) is 0 Å². The van der Waals surface area contributed by atoms with Gasteiger partial charge in [-0.3, -0.25) is 9.69 Å². The van der Waals surface area contributed by atoms with E-state index in [1.807, 2.05) is 23.1 Å². The number of rotatable bonds is 6. The molecule has 0 aliphatic carbocycles. The molecule has 0 spiro atoms. The smallest absolute Gasteiger partial charge is 0.273 e. The lowest BCUT2D eigenvalue weighted by atomic mass is 10.1. The molecule has 2 heterocycles. The first-order valence-electron chi connectivity index (χ1n) is 8.52. The average Bonchev–Trinajstić information content (AvgIpc) is 3.13. The van der Waals surface area contributed by atoms with Crippen LogP contribution in [0.5, 0.6) is 0 Å². The minimum absolute atomic E-state index is 0.0277. The summed E-state index contributed by atoms with van der Waals surface area (Å²) >= 11 is 1.44. The molecule has 6 nitrogen and oxygen atoms in total. The highest BCUT2D eigenvalue weighted by atomic mass is 32.1. The number of benzene rings is 1. The number of amides is 1. The van der Waals surface area contributed by atoms with Gasteiger partial charge < -0.3 is 15.3 Å². The van der Waals surface area contributed by atoms with Crippen LogP contribution in [-0.4, -0.2) is 65.1 Å². The highest BCUT2D eigenvalue weighted by molar-refractivity contribution is 7.13. The van der Waals surface area contributed by atoms with E-state index in [2.05, 4.69) is 27.3 Å². The van der Waals surface area contributed by atoms with Crippen molar-refractivity contribution >= 4 is 22.4 Å². The number of hydrogen-bond donors (Lipinski definition) is 2. The summed E-state index contributed by atoms with van der Waals surface area (Å²) in [4.78, 5) is 21.2. The van der Waals surface area contributed by atoms with Gasteiger partial charge in [-0.2, -0.15) is 0 Å². The Kier molecular flexibility index (Phi) is 6.01. The van der Waals surface area contributed by atoms with Gasteiger partial charge in [0.1, 0.15) is 5.69 Å². The Morgan fingerprint density at radius 3 is 2.84 bits per heavy atom. The van der Waals surface area contributed by atoms with E-state index in [0.29, 0.717) is 25.2 Å². The monoisotopic (exact) mass is 360 g/mol. The molecular weight excluding hydrogens is 336 g/mol. The Hall–Kier alpha value is -1.96. The zero-order valence-corrected chi connectivity index (χ0v) is 15.2. The van der Waals surface area contributed by atoms with Crippen LogP contribution < -0.4 is 5.32 Å². The topological polar surface area (TPSA) is 68.7 Å². The van der Waals surface area contributed by atoms with E-state index in [1.54, 1.807) is 12.4 Å². The number of nitrogens with zero attached hydrogens (tertiary/aromatic N) is 3. The van der Waals surface area contributed by atoms with E-state index in [9.17, 15) is 9.90 Å². The number of nitrogens with one attached hydrogen (secondary N) is 1. The lowest BCUT2D eigenvalue weighted by Crippen LogP contribution is -2.54. The van der Waals surface area contributed by atoms with Gasteiger partial charge in [0.15, 0.2) is 5.13 Å². The number of hydrogen-bond acceptors (Lipinski definition) is 6. The maximum atomic E-state index is 12.7. The summed E-state index contributed by atoms with van der Waals surface area (Å²) in [6, 6.07) is 10.5. The molecular formula is C18H24N4O2S. The van der Waals surface area contributed by atoms with Gasteiger partial charge in [0, 0.05) is 51.3 Å². The Balaban J connectivity index is 1.67. The molecule has 1 aliphatic heterocycles. The van der Waals surface area contributed by atoms with E-state index < -0.39 is 0 Å². The normalized spacial score (nSPS) is 18.3. The standard InChI is InChI=1S/C18H24N4O2S/c1-19-18-20-16(13-25-18)17(24)22-9-8-21(15(12-22)7-10-23)11-14-5-3-2-4-6-14/h2-6,13,15,23H,7-12H2,1H3,(H,19,20)/t15-/m1/s1. The van der Waals surface area contributed by atoms with Crippen molar-refractivity contribution in [3.05, 3.63) is 47.0 Å². The molecule has 0 unspecified atom stereocenters. The van der Waals surface area contributed by atoms with Gasteiger partial charge in [0.2, 0.25) is 0 Å². The largest absolute Gasteiger partial charge is 0.396 e. The third-order valence-corrected chi connectivity index (χ3v) is 5.38. The SMILES string of the molecule is CNc1nc(C(=O)N2CCN(Cc3ccccc3)[C@H](CCO)C2)cs1. The molecule has 25 heavy (non-hydrogen) atoms. The van der Waals surface area contributed by atoms with E-state index in [0.717, 1.165) is 18.2 Å². The van der Waals surface area contributed by atoms with E-state index in [4.69, 9.17) is 0 Å². The lowest BCUT2D eigenvalue weighted by Gasteiger charge is -2.41. The van der Waals surface area contributed by atoms with Crippen LogP contribution in [0, 0.1) is 0 Å². The summed E-state index contributed by atoms with van der Waals surface area (Å²) in [5.41, 5.74) is 1.75. The van der Waals surface area contributed by atoms with Gasteiger partial charge in [0.25, 0.3) is 5.91 Å². The average molecular weight is 360 g/mol. The summed E-state index contributed by atoms with van der Waals surface area (Å²) in [6.07, 6.45) is 0.662. The van der Waals surface area contributed by atoms with Gasteiger partial charge in [0.05, 0.1) is 0 Å². The van der Waals surface area contributed by atoms with E-state index >= 15 is 0 Å². The van der Waals surface area contributed by atoms with Crippen molar-refractivity contribution in [2.75, 3.05) is 38.6 Å². The van der Waals surface area contributed by atoms with Crippen LogP contribution in [0.3, 0.4) is 0 Å². The summed E-state index contributed by atoms with van der Waals surface area (Å²) in [5.74, 6) is -0.0277. The molecule has 2 aromatic rings. The van der Waals surface area contributed by atoms with Crippen LogP contribution in [0.15, 0.2) is 35.7 Å². The second-order valence-electron chi connectivity index (χ2n) is 6.16. The number of anilines is 1. The molecule has 1 amide bonds. The zero-order chi connectivity index (χ0) is 17.6. The van der Waals surface area contributed by atoms with Crippen molar-refractivity contribution < 1.29 is 9.90 Å². The second-order valence-corrected chi connectivity index (χ2v) is 7.02. The van der Waals surface area contributed by atoms with Crippen LogP contribution in [0.4, 0.5) is 5.13 Å². The summed E-state index contributed by atoms with van der Waals surface area (Å²) in [6.45, 7) is 3.07. The highest BCUT2D eigenvalue weighted by Crippen LogP contribution is 2.20. The van der Waals surface area contributed by atoms with Crippen LogP contribution >= 0.6 is 11.3 Å². The molecule has 134 valence electrons. The van der Waals surface area contributed by atoms with Crippen LogP contribution in [0.2, 0.25) is 0 Å². The quantitative estimate of drug-likeness (QED) is 0.823. The molecule has 1 atom stereocenters. The molecule has 3 rings (SSSR count). The molecule has 0 radical (unpaired) electrons. The lowest BCUT2D eigenvalue weighted by molar-refractivity contribution is 0.0391. The molecule has 1 saturated heterocycles. The third-order valence-electron chi connectivity index (χ3n) is 4.52. The first-order chi connectivity index (χ1) is 12.2. The summed E-state index contributed by atoms with van der Waals surface area (Å²) in [5, 5.41) is 14.9. The fraction of sp³-hybridized carbons (Fsp3) is 0.444. The van der Waals surface area contributed by atoms with Gasteiger partial charge in [-0.05, 0) is 12.0 Å². The molecule has 2 N–H and O–H groups in total. The molecule has 0 saturated carbocycles. The summed E-state index contributed by atoms with van der Waals surface area (Å²) < 4.78 is 0. The fourth-order valence-electron chi connectivity index (χ4n) is 3.18. The number of carbonyl (C=O) groups excluding carboxylic acids is 1. The highest BCUT2D eigenvalue weighted by Gasteiger charge is 2.30. The second kappa shape index (κ2) is 8.42. The minimum Gasteiger partial charge on any atom is -0.396 e. The van der Waals surface area contributed by atoms with E-state index in [-0.39, 0.29) is 18.6 Å². The minimum atomic E-state index is -0.0277. The fourth-order valence-corrected chi connectivity index (χ4v) is 3.82. The number of thiazole rings is 1. The third kappa shape index (κ3) is 4.36. The zero-order valence-electron chi connectivity index (χ0n) is 14.4. The number of aliphatic hydroxyl groups excluding tert-OH is 1. The molecule has 0 bridgehead atoms. The Bertz CT molecular complexity index is 691. The Labute approximate surface area is 152 Å².